The fraction of sp³-hybridized carbons (Fsp3) is 0.333. The lowest BCUT2D eigenvalue weighted by Crippen LogP contribution is -2.31. The Morgan fingerprint density at radius 2 is 2.22 bits per heavy atom. The zero-order chi connectivity index (χ0) is 16.0. The summed E-state index contributed by atoms with van der Waals surface area (Å²) in [4.78, 5) is 22.8. The molecule has 0 saturated carbocycles. The summed E-state index contributed by atoms with van der Waals surface area (Å²) in [5, 5.41) is 0. The third-order valence-corrected chi connectivity index (χ3v) is 4.57. The van der Waals surface area contributed by atoms with Crippen molar-refractivity contribution in [2.45, 2.75) is 32.7 Å². The quantitative estimate of drug-likeness (QED) is 0.784. The van der Waals surface area contributed by atoms with Crippen molar-refractivity contribution in [3.63, 3.8) is 0 Å². The molecule has 2 aromatic heterocycles. The number of likely N-dealkylation sites (tertiary alicyclic amines) is 1. The van der Waals surface area contributed by atoms with Gasteiger partial charge in [-0.15, -0.1) is 0 Å². The van der Waals surface area contributed by atoms with Gasteiger partial charge in [0.1, 0.15) is 11.6 Å². The lowest BCUT2D eigenvalue weighted by atomic mass is 10.2. The molecule has 3 aromatic rings. The molecule has 1 atom stereocenters. The first-order chi connectivity index (χ1) is 11.1. The van der Waals surface area contributed by atoms with Crippen molar-refractivity contribution in [2.75, 3.05) is 6.54 Å². The molecule has 1 aliphatic rings. The van der Waals surface area contributed by atoms with Gasteiger partial charge in [-0.1, -0.05) is 6.07 Å². The third-order valence-electron chi connectivity index (χ3n) is 4.57. The Kier molecular flexibility index (Phi) is 3.22. The van der Waals surface area contributed by atoms with E-state index in [1.54, 1.807) is 12.3 Å². The van der Waals surface area contributed by atoms with Gasteiger partial charge in [-0.2, -0.15) is 0 Å². The summed E-state index contributed by atoms with van der Waals surface area (Å²) in [6.07, 6.45) is 3.49. The normalized spacial score (nSPS) is 18.0. The summed E-state index contributed by atoms with van der Waals surface area (Å²) in [7, 11) is 0. The van der Waals surface area contributed by atoms with Crippen molar-refractivity contribution in [3.05, 3.63) is 53.2 Å². The van der Waals surface area contributed by atoms with Crippen LogP contribution in [0.4, 0.5) is 0 Å². The Morgan fingerprint density at radius 1 is 1.35 bits per heavy atom. The minimum absolute atomic E-state index is 0.00417. The Bertz CT molecular complexity index is 877. The molecular weight excluding hydrogens is 290 g/mol. The number of benzene rings is 1. The number of fused-ring (bicyclic) bond motifs is 1. The van der Waals surface area contributed by atoms with Crippen LogP contribution in [0.3, 0.4) is 0 Å². The summed E-state index contributed by atoms with van der Waals surface area (Å²) in [6, 6.07) is 7.91. The third kappa shape index (κ3) is 2.32. The number of nitrogens with zero attached hydrogens (tertiary/aromatic N) is 2. The zero-order valence-corrected chi connectivity index (χ0v) is 13.3. The van der Waals surface area contributed by atoms with E-state index in [9.17, 15) is 4.79 Å². The van der Waals surface area contributed by atoms with Crippen LogP contribution in [0.5, 0.6) is 0 Å². The van der Waals surface area contributed by atoms with Crippen LogP contribution >= 0.6 is 0 Å². The smallest absolute Gasteiger partial charge is 0.258 e. The number of hydrogen-bond donors (Lipinski definition) is 1. The Labute approximate surface area is 134 Å². The van der Waals surface area contributed by atoms with Crippen molar-refractivity contribution in [2.24, 2.45) is 0 Å². The van der Waals surface area contributed by atoms with E-state index in [0.717, 1.165) is 36.2 Å². The van der Waals surface area contributed by atoms with Gasteiger partial charge in [0.05, 0.1) is 28.9 Å². The number of imidazole rings is 1. The van der Waals surface area contributed by atoms with E-state index < -0.39 is 0 Å². The van der Waals surface area contributed by atoms with Crippen LogP contribution in [0.2, 0.25) is 0 Å². The first-order valence-corrected chi connectivity index (χ1v) is 7.95. The van der Waals surface area contributed by atoms with E-state index in [2.05, 4.69) is 24.0 Å². The van der Waals surface area contributed by atoms with Crippen LogP contribution in [-0.2, 0) is 0 Å². The lowest BCUT2D eigenvalue weighted by molar-refractivity contribution is 0.0729. The summed E-state index contributed by atoms with van der Waals surface area (Å²) < 4.78 is 5.28. The second kappa shape index (κ2) is 5.26. The highest BCUT2D eigenvalue weighted by atomic mass is 16.3. The molecule has 1 amide bonds. The molecule has 1 unspecified atom stereocenters. The largest absolute Gasteiger partial charge is 0.469 e. The highest BCUT2D eigenvalue weighted by molar-refractivity contribution is 5.95. The fourth-order valence-electron chi connectivity index (χ4n) is 3.36. The van der Waals surface area contributed by atoms with Gasteiger partial charge in [0, 0.05) is 6.54 Å². The van der Waals surface area contributed by atoms with Gasteiger partial charge in [-0.05, 0) is 50.5 Å². The minimum atomic E-state index is 0.00417. The molecule has 1 N–H and O–H groups in total. The van der Waals surface area contributed by atoms with Crippen molar-refractivity contribution < 1.29 is 9.21 Å². The first kappa shape index (κ1) is 14.1. The number of aryl methyl sites for hydroxylation is 2. The number of hydrogen-bond acceptors (Lipinski definition) is 3. The molecule has 4 rings (SSSR count). The summed E-state index contributed by atoms with van der Waals surface area (Å²) in [6.45, 7) is 4.64. The predicted octanol–water partition coefficient (Wildman–Crippen LogP) is 3.75. The second-order valence-corrected chi connectivity index (χ2v) is 6.19. The van der Waals surface area contributed by atoms with Gasteiger partial charge in [0.2, 0.25) is 0 Å². The highest BCUT2D eigenvalue weighted by Gasteiger charge is 2.33. The van der Waals surface area contributed by atoms with Crippen LogP contribution in [0, 0.1) is 13.8 Å². The zero-order valence-electron chi connectivity index (χ0n) is 13.3. The number of amides is 1. The van der Waals surface area contributed by atoms with E-state index in [1.165, 1.54) is 5.56 Å². The van der Waals surface area contributed by atoms with Crippen molar-refractivity contribution in [1.29, 1.82) is 0 Å². The van der Waals surface area contributed by atoms with Crippen molar-refractivity contribution in [1.82, 2.24) is 14.9 Å². The minimum Gasteiger partial charge on any atom is -0.469 e. The molecule has 1 aromatic carbocycles. The van der Waals surface area contributed by atoms with Gasteiger partial charge in [-0.3, -0.25) is 4.79 Å². The maximum Gasteiger partial charge on any atom is 0.258 e. The summed E-state index contributed by atoms with van der Waals surface area (Å²) in [5.74, 6) is 1.56. The number of rotatable bonds is 2. The van der Waals surface area contributed by atoms with Crippen molar-refractivity contribution in [3.8, 4) is 0 Å². The Morgan fingerprint density at radius 3 is 3.00 bits per heavy atom. The maximum absolute atomic E-state index is 12.8. The average molecular weight is 309 g/mol. The number of furan rings is 1. The molecular formula is C18H19N3O2. The summed E-state index contributed by atoms with van der Waals surface area (Å²) >= 11 is 0. The van der Waals surface area contributed by atoms with E-state index in [1.807, 2.05) is 17.9 Å². The van der Waals surface area contributed by atoms with Crippen LogP contribution in [0.25, 0.3) is 11.0 Å². The lowest BCUT2D eigenvalue weighted by Gasteiger charge is -2.22. The number of carbonyl (C=O) groups is 1. The molecule has 3 heterocycles. The molecule has 118 valence electrons. The van der Waals surface area contributed by atoms with Crippen molar-refractivity contribution >= 4 is 16.9 Å². The van der Waals surface area contributed by atoms with Gasteiger partial charge in [-0.25, -0.2) is 4.98 Å². The predicted molar refractivity (Wildman–Crippen MR) is 87.3 cm³/mol. The average Bonchev–Trinajstić information content (AvgIpc) is 3.23. The van der Waals surface area contributed by atoms with Gasteiger partial charge < -0.3 is 14.3 Å². The number of aromatic nitrogens is 2. The van der Waals surface area contributed by atoms with Crippen LogP contribution in [0.15, 0.2) is 34.9 Å². The molecule has 5 nitrogen and oxygen atoms in total. The van der Waals surface area contributed by atoms with Crippen LogP contribution in [-0.4, -0.2) is 27.3 Å². The molecule has 0 aliphatic carbocycles. The number of carbonyl (C=O) groups excluding carboxylic acids is 1. The Balaban J connectivity index is 1.69. The second-order valence-electron chi connectivity index (χ2n) is 6.19. The first-order valence-electron chi connectivity index (χ1n) is 7.95. The van der Waals surface area contributed by atoms with Gasteiger partial charge >= 0.3 is 0 Å². The number of nitrogens with one attached hydrogen (secondary N) is 1. The van der Waals surface area contributed by atoms with E-state index in [-0.39, 0.29) is 11.9 Å². The molecule has 5 heteroatoms. The molecule has 1 aliphatic heterocycles. The van der Waals surface area contributed by atoms with Crippen LogP contribution < -0.4 is 0 Å². The molecule has 0 radical (unpaired) electrons. The molecule has 0 spiro atoms. The van der Waals surface area contributed by atoms with E-state index >= 15 is 0 Å². The molecule has 1 saturated heterocycles. The topological polar surface area (TPSA) is 62.1 Å². The monoisotopic (exact) mass is 309 g/mol. The molecule has 1 fully saturated rings. The molecule has 0 bridgehead atoms. The van der Waals surface area contributed by atoms with Gasteiger partial charge in [0.15, 0.2) is 0 Å². The highest BCUT2D eigenvalue weighted by Crippen LogP contribution is 2.33. The number of H-pyrrole nitrogens is 1. The standard InChI is InChI=1S/C18H19N3O2/c1-11-5-6-14-15(10-11)20-17(19-14)16-4-3-8-21(16)18(22)13-7-9-23-12(13)2/h5-7,9-10,16H,3-4,8H2,1-2H3,(H,19,20). The number of aromatic amines is 1. The van der Waals surface area contributed by atoms with E-state index in [0.29, 0.717) is 11.3 Å². The summed E-state index contributed by atoms with van der Waals surface area (Å²) in [5.41, 5.74) is 3.81. The SMILES string of the molecule is Cc1ccc2nc(C3CCCN3C(=O)c3ccoc3C)[nH]c2c1. The molecule has 23 heavy (non-hydrogen) atoms. The van der Waals surface area contributed by atoms with E-state index in [4.69, 9.17) is 9.40 Å². The van der Waals surface area contributed by atoms with Gasteiger partial charge in [0.25, 0.3) is 5.91 Å². The van der Waals surface area contributed by atoms with Crippen LogP contribution in [0.1, 0.15) is 46.4 Å². The maximum atomic E-state index is 12.8. The fourth-order valence-corrected chi connectivity index (χ4v) is 3.36. The Hall–Kier alpha value is -2.56.